The number of anilines is 1. The van der Waals surface area contributed by atoms with Crippen LogP contribution >= 0.6 is 23.2 Å². The van der Waals surface area contributed by atoms with Crippen molar-refractivity contribution < 1.29 is 52.1 Å². The number of pyridine rings is 1. The number of rotatable bonds is 8. The number of fused-ring (bicyclic) bond motifs is 5. The van der Waals surface area contributed by atoms with Crippen LogP contribution in [-0.2, 0) is 42.0 Å². The lowest BCUT2D eigenvalue weighted by Crippen LogP contribution is -2.55. The van der Waals surface area contributed by atoms with Gasteiger partial charge in [-0.2, -0.15) is 18.2 Å². The zero-order valence-electron chi connectivity index (χ0n) is 29.1. The number of imide groups is 2. The minimum Gasteiger partial charge on any atom is -0.508 e. The van der Waals surface area contributed by atoms with Crippen LogP contribution in [0.5, 0.6) is 11.5 Å². The van der Waals surface area contributed by atoms with Crippen molar-refractivity contribution in [3.63, 3.8) is 0 Å². The van der Waals surface area contributed by atoms with Crippen LogP contribution in [0.3, 0.4) is 0 Å². The number of carbonyl (C=O) groups is 5. The van der Waals surface area contributed by atoms with Crippen LogP contribution in [0.15, 0.2) is 78.2 Å². The van der Waals surface area contributed by atoms with Crippen molar-refractivity contribution in [1.82, 2.24) is 14.9 Å². The van der Waals surface area contributed by atoms with Crippen LogP contribution in [0.4, 0.5) is 19.0 Å². The third-order valence-corrected chi connectivity index (χ3v) is 12.1. The number of carboxylic acid groups (broad SMARTS) is 1. The second-order valence-corrected chi connectivity index (χ2v) is 15.4. The first-order valence-electron chi connectivity index (χ1n) is 17.7. The summed E-state index contributed by atoms with van der Waals surface area (Å²) in [5.41, 5.74) is 1.76. The van der Waals surface area contributed by atoms with E-state index in [-0.39, 0.29) is 44.4 Å². The van der Waals surface area contributed by atoms with Gasteiger partial charge in [-0.25, -0.2) is 4.98 Å². The Bertz CT molecular complexity index is 2280. The highest BCUT2D eigenvalue weighted by Crippen LogP contribution is 2.63. The number of amides is 4. The molecular formula is C39H31Cl2F3N4O8. The number of hydrogen-bond acceptors (Lipinski definition) is 9. The molecule has 6 atom stereocenters. The molecule has 3 N–H and O–H groups in total. The molecule has 5 aliphatic rings. The maximum Gasteiger partial charge on any atom is 0.417 e. The number of aliphatic carboxylic acids is 1. The molecule has 4 amide bonds. The van der Waals surface area contributed by atoms with Gasteiger partial charge in [-0.05, 0) is 72.7 Å². The van der Waals surface area contributed by atoms with Gasteiger partial charge in [0.25, 0.3) is 11.8 Å². The fourth-order valence-electron chi connectivity index (χ4n) is 9.27. The van der Waals surface area contributed by atoms with Crippen molar-refractivity contribution in [2.75, 3.05) is 12.0 Å². The minimum absolute atomic E-state index is 0.0402. The lowest BCUT2D eigenvalue weighted by molar-refractivity contribution is -0.142. The van der Waals surface area contributed by atoms with Crippen LogP contribution in [0.1, 0.15) is 42.4 Å². The van der Waals surface area contributed by atoms with E-state index in [0.29, 0.717) is 50.3 Å². The van der Waals surface area contributed by atoms with E-state index in [4.69, 9.17) is 27.9 Å². The molecule has 3 fully saturated rings. The summed E-state index contributed by atoms with van der Waals surface area (Å²) in [6, 6.07) is 11.5. The first-order chi connectivity index (χ1) is 26.6. The van der Waals surface area contributed by atoms with Crippen LogP contribution in [0.25, 0.3) is 0 Å². The first kappa shape index (κ1) is 37.5. The highest BCUT2D eigenvalue weighted by atomic mass is 35.5. The average molecular weight is 812 g/mol. The standard InChI is InChI=1S/C39H31Cl2F3N4O8/c40-22-5-3-20(4-6-22)38-27(35(53)48(37(38)55)46-33-28(41)14-21(16-45-33)39(42,43)44)15-26-24(32(38)19-12-18-13-23(49)7-10-29(18)56-17-19)8-9-25-31(26)36(54)47(34(25)52)11-1-2-30(50)51/h3-8,10,13-14,16-17,25-27,31-32,49H,1-2,9,11-12,15H2,(H,45,46)(H,50,51). The largest absolute Gasteiger partial charge is 0.508 e. The van der Waals surface area contributed by atoms with Crippen molar-refractivity contribution in [1.29, 1.82) is 0 Å². The maximum atomic E-state index is 15.3. The van der Waals surface area contributed by atoms with E-state index in [2.05, 4.69) is 10.4 Å². The van der Waals surface area contributed by atoms with Crippen LogP contribution in [0.2, 0.25) is 10.0 Å². The third-order valence-electron chi connectivity index (χ3n) is 11.6. The van der Waals surface area contributed by atoms with E-state index < -0.39 is 87.2 Å². The van der Waals surface area contributed by atoms with E-state index in [1.165, 1.54) is 18.4 Å². The van der Waals surface area contributed by atoms with Crippen molar-refractivity contribution >= 4 is 58.6 Å². The molecule has 2 aliphatic carbocycles. The fourth-order valence-corrected chi connectivity index (χ4v) is 9.61. The average Bonchev–Trinajstić information content (AvgIpc) is 3.52. The highest BCUT2D eigenvalue weighted by molar-refractivity contribution is 6.33. The van der Waals surface area contributed by atoms with Gasteiger partial charge in [-0.1, -0.05) is 47.0 Å². The Balaban J connectivity index is 1.28. The van der Waals surface area contributed by atoms with Crippen LogP contribution < -0.4 is 10.2 Å². The number of nitrogens with zero attached hydrogens (tertiary/aromatic N) is 3. The van der Waals surface area contributed by atoms with E-state index in [1.807, 2.05) is 6.08 Å². The SMILES string of the molecule is O=C(O)CCCN1C(=O)C2CC=C3C(CC4C(=O)N(Nc5ncc(C(F)(F)F)cc5Cl)C(=O)C4(c4ccc(Cl)cc4)C3C3=COc4ccc(O)cc4C3)C2C1=O. The Labute approximate surface area is 326 Å². The number of halogens is 5. The van der Waals surface area contributed by atoms with Crippen molar-refractivity contribution in [3.8, 4) is 11.5 Å². The Morgan fingerprint density at radius 1 is 1.02 bits per heavy atom. The van der Waals surface area contributed by atoms with Gasteiger partial charge in [-0.3, -0.25) is 34.3 Å². The summed E-state index contributed by atoms with van der Waals surface area (Å²) in [5.74, 6) is -8.27. The zero-order valence-corrected chi connectivity index (χ0v) is 30.6. The molecule has 1 aromatic heterocycles. The van der Waals surface area contributed by atoms with Gasteiger partial charge in [-0.15, -0.1) is 0 Å². The quantitative estimate of drug-likeness (QED) is 0.173. The number of hydrazine groups is 1. The summed E-state index contributed by atoms with van der Waals surface area (Å²) in [6.45, 7) is -0.101. The predicted octanol–water partition coefficient (Wildman–Crippen LogP) is 6.31. The molecule has 2 aromatic carbocycles. The molecule has 3 aliphatic heterocycles. The number of nitrogens with one attached hydrogen (secondary N) is 1. The molecule has 290 valence electrons. The molecule has 1 saturated carbocycles. The smallest absolute Gasteiger partial charge is 0.417 e. The van der Waals surface area contributed by atoms with Gasteiger partial charge in [0.1, 0.15) is 11.5 Å². The predicted molar refractivity (Wildman–Crippen MR) is 192 cm³/mol. The second-order valence-electron chi connectivity index (χ2n) is 14.5. The number of phenolic OH excluding ortho intramolecular Hbond substituents is 1. The van der Waals surface area contributed by atoms with Crippen molar-refractivity contribution in [2.45, 2.75) is 43.7 Å². The molecule has 0 spiro atoms. The fraction of sp³-hybridized carbons (Fsp3) is 0.333. The summed E-state index contributed by atoms with van der Waals surface area (Å²) < 4.78 is 46.5. The summed E-state index contributed by atoms with van der Waals surface area (Å²) in [4.78, 5) is 74.2. The second kappa shape index (κ2) is 13.7. The molecular weight excluding hydrogens is 780 g/mol. The number of carboxylic acids is 1. The van der Waals surface area contributed by atoms with Gasteiger partial charge in [0.15, 0.2) is 5.82 Å². The van der Waals surface area contributed by atoms with E-state index in [0.717, 1.165) is 4.90 Å². The van der Waals surface area contributed by atoms with Crippen molar-refractivity contribution in [3.05, 3.63) is 105 Å². The number of phenols is 1. The molecule has 3 aromatic rings. The monoisotopic (exact) mass is 810 g/mol. The minimum atomic E-state index is -4.77. The van der Waals surface area contributed by atoms with Gasteiger partial charge in [0.2, 0.25) is 11.8 Å². The van der Waals surface area contributed by atoms with E-state index in [9.17, 15) is 42.6 Å². The van der Waals surface area contributed by atoms with Gasteiger partial charge in [0, 0.05) is 42.1 Å². The first-order valence-corrected chi connectivity index (χ1v) is 18.4. The third kappa shape index (κ3) is 5.90. The topological polar surface area (TPSA) is 166 Å². The molecule has 56 heavy (non-hydrogen) atoms. The summed E-state index contributed by atoms with van der Waals surface area (Å²) in [5, 5.41) is 20.1. The number of alkyl halides is 3. The molecule has 2 saturated heterocycles. The molecule has 6 unspecified atom stereocenters. The van der Waals surface area contributed by atoms with Crippen molar-refractivity contribution in [2.24, 2.45) is 29.6 Å². The Morgan fingerprint density at radius 2 is 1.77 bits per heavy atom. The Hall–Kier alpha value is -5.41. The van der Waals surface area contributed by atoms with Gasteiger partial charge >= 0.3 is 12.1 Å². The zero-order chi connectivity index (χ0) is 39.8. The number of aromatic hydroxyl groups is 1. The molecule has 0 radical (unpaired) electrons. The number of ether oxygens (including phenoxy) is 1. The Morgan fingerprint density at radius 3 is 2.46 bits per heavy atom. The molecule has 8 rings (SSSR count). The summed E-state index contributed by atoms with van der Waals surface area (Å²) in [6.07, 6.45) is -0.968. The normalized spacial score (nSPS) is 26.8. The van der Waals surface area contributed by atoms with Gasteiger partial charge < -0.3 is 14.9 Å². The summed E-state index contributed by atoms with van der Waals surface area (Å²) >= 11 is 12.6. The maximum absolute atomic E-state index is 15.3. The number of benzene rings is 2. The number of carbonyl (C=O) groups excluding carboxylic acids is 4. The van der Waals surface area contributed by atoms with Crippen LogP contribution in [0, 0.1) is 29.6 Å². The Kier molecular flexibility index (Phi) is 9.15. The number of likely N-dealkylation sites (tertiary alicyclic amines) is 1. The molecule has 4 heterocycles. The number of hydrogen-bond donors (Lipinski definition) is 3. The number of allylic oxidation sites excluding steroid dienone is 3. The molecule has 12 nitrogen and oxygen atoms in total. The lowest BCUT2D eigenvalue weighted by Gasteiger charge is -2.51. The van der Waals surface area contributed by atoms with E-state index >= 15 is 4.79 Å². The highest BCUT2D eigenvalue weighted by Gasteiger charge is 2.70. The number of aromatic nitrogens is 1. The van der Waals surface area contributed by atoms with Gasteiger partial charge in [0.05, 0.1) is 40.0 Å². The van der Waals surface area contributed by atoms with Crippen LogP contribution in [-0.4, -0.2) is 61.2 Å². The molecule has 0 bridgehead atoms. The summed E-state index contributed by atoms with van der Waals surface area (Å²) in [7, 11) is 0. The molecule has 17 heteroatoms. The lowest BCUT2D eigenvalue weighted by atomic mass is 9.48. The van der Waals surface area contributed by atoms with E-state index in [1.54, 1.807) is 30.3 Å².